The summed E-state index contributed by atoms with van der Waals surface area (Å²) in [6, 6.07) is 5.20. The van der Waals surface area contributed by atoms with E-state index in [4.69, 9.17) is 23.2 Å². The third-order valence-corrected chi connectivity index (χ3v) is 5.29. The lowest BCUT2D eigenvalue weighted by molar-refractivity contribution is -0.122. The molecule has 0 spiro atoms. The highest BCUT2D eigenvalue weighted by atomic mass is 35.5. The highest BCUT2D eigenvalue weighted by Crippen LogP contribution is 2.33. The van der Waals surface area contributed by atoms with Crippen LogP contribution in [0.1, 0.15) is 23.3 Å². The number of likely N-dealkylation sites (tertiary alicyclic amines) is 1. The van der Waals surface area contributed by atoms with Gasteiger partial charge in [-0.05, 0) is 25.0 Å². The van der Waals surface area contributed by atoms with Gasteiger partial charge in [0.05, 0.1) is 34.2 Å². The molecule has 150 valence electrons. The average Bonchev–Trinajstić information content (AvgIpc) is 3.15. The third kappa shape index (κ3) is 4.95. The minimum absolute atomic E-state index is 0.00565. The fourth-order valence-corrected chi connectivity index (χ4v) is 3.57. The highest BCUT2D eigenvalue weighted by molar-refractivity contribution is 6.39. The highest BCUT2D eigenvalue weighted by Gasteiger charge is 2.24. The smallest absolute Gasteiger partial charge is 0.271 e. The summed E-state index contributed by atoms with van der Waals surface area (Å²) in [4.78, 5) is 26.2. The van der Waals surface area contributed by atoms with Crippen LogP contribution in [-0.2, 0) is 4.79 Å². The van der Waals surface area contributed by atoms with E-state index in [2.05, 4.69) is 31.0 Å². The van der Waals surface area contributed by atoms with Crippen LogP contribution in [0.15, 0.2) is 24.4 Å². The maximum atomic E-state index is 12.7. The van der Waals surface area contributed by atoms with Crippen molar-refractivity contribution in [1.29, 1.82) is 0 Å². The summed E-state index contributed by atoms with van der Waals surface area (Å²) in [5, 5.41) is 16.3. The van der Waals surface area contributed by atoms with Crippen molar-refractivity contribution in [2.45, 2.75) is 18.9 Å². The topological polar surface area (TPSA) is 102 Å². The summed E-state index contributed by atoms with van der Waals surface area (Å²) in [6.07, 6.45) is 3.06. The van der Waals surface area contributed by atoms with Crippen LogP contribution in [0.5, 0.6) is 0 Å². The second-order valence-corrected chi connectivity index (χ2v) is 7.39. The van der Waals surface area contributed by atoms with Gasteiger partial charge in [-0.25, -0.2) is 0 Å². The number of aromatic amines is 1. The molecule has 3 rings (SSSR count). The summed E-state index contributed by atoms with van der Waals surface area (Å²) < 4.78 is 0. The predicted octanol–water partition coefficient (Wildman–Crippen LogP) is 2.40. The molecule has 0 atom stereocenters. The van der Waals surface area contributed by atoms with Gasteiger partial charge in [0.1, 0.15) is 5.69 Å². The van der Waals surface area contributed by atoms with E-state index in [0.717, 1.165) is 25.9 Å². The van der Waals surface area contributed by atoms with Gasteiger partial charge >= 0.3 is 0 Å². The Morgan fingerprint density at radius 3 is 2.57 bits per heavy atom. The fourth-order valence-electron chi connectivity index (χ4n) is 3.08. The number of hydrogen-bond acceptors (Lipinski definition) is 5. The molecule has 0 aliphatic carbocycles. The SMILES string of the molecule is CNC(=O)CN1CCC(NC(=O)c2[nH]ncc2Nc2c(Cl)cccc2Cl)CC1. The molecule has 1 aliphatic heterocycles. The van der Waals surface area contributed by atoms with Crippen molar-refractivity contribution in [1.82, 2.24) is 25.7 Å². The molecule has 2 amide bonds. The molecule has 0 radical (unpaired) electrons. The van der Waals surface area contributed by atoms with Crippen LogP contribution in [0, 0.1) is 0 Å². The summed E-state index contributed by atoms with van der Waals surface area (Å²) in [5.74, 6) is -0.262. The first kappa shape index (κ1) is 20.4. The molecular weight excluding hydrogens is 403 g/mol. The average molecular weight is 425 g/mol. The number of carbonyl (C=O) groups is 2. The van der Waals surface area contributed by atoms with Crippen LogP contribution in [0.25, 0.3) is 0 Å². The number of nitrogens with zero attached hydrogens (tertiary/aromatic N) is 2. The minimum Gasteiger partial charge on any atom is -0.358 e. The molecule has 1 aromatic carbocycles. The Kier molecular flexibility index (Phi) is 6.77. The lowest BCUT2D eigenvalue weighted by atomic mass is 10.0. The molecule has 0 unspecified atom stereocenters. The van der Waals surface area contributed by atoms with E-state index in [-0.39, 0.29) is 17.9 Å². The number of halogens is 2. The van der Waals surface area contributed by atoms with Crippen LogP contribution in [-0.4, -0.2) is 59.6 Å². The number of amides is 2. The van der Waals surface area contributed by atoms with E-state index in [9.17, 15) is 9.59 Å². The lowest BCUT2D eigenvalue weighted by Gasteiger charge is -2.31. The maximum absolute atomic E-state index is 12.7. The van der Waals surface area contributed by atoms with E-state index in [1.807, 2.05) is 0 Å². The second-order valence-electron chi connectivity index (χ2n) is 6.58. The molecule has 10 heteroatoms. The van der Waals surface area contributed by atoms with E-state index in [0.29, 0.717) is 33.7 Å². The minimum atomic E-state index is -0.257. The van der Waals surface area contributed by atoms with Crippen LogP contribution in [0.4, 0.5) is 11.4 Å². The second kappa shape index (κ2) is 9.27. The molecule has 2 heterocycles. The van der Waals surface area contributed by atoms with Crippen LogP contribution < -0.4 is 16.0 Å². The van der Waals surface area contributed by atoms with Gasteiger partial charge in [0.15, 0.2) is 0 Å². The molecular formula is C18H22Cl2N6O2. The van der Waals surface area contributed by atoms with Crippen molar-refractivity contribution in [3.05, 3.63) is 40.1 Å². The Bertz CT molecular complexity index is 828. The Hall–Kier alpha value is -2.29. The van der Waals surface area contributed by atoms with Crippen molar-refractivity contribution in [2.75, 3.05) is 32.0 Å². The zero-order valence-electron chi connectivity index (χ0n) is 15.4. The number of H-pyrrole nitrogens is 1. The third-order valence-electron chi connectivity index (χ3n) is 4.66. The Morgan fingerprint density at radius 1 is 1.25 bits per heavy atom. The van der Waals surface area contributed by atoms with E-state index >= 15 is 0 Å². The molecule has 1 aliphatic rings. The Balaban J connectivity index is 1.59. The zero-order valence-corrected chi connectivity index (χ0v) is 16.9. The summed E-state index contributed by atoms with van der Waals surface area (Å²) >= 11 is 12.4. The van der Waals surface area contributed by atoms with Gasteiger partial charge in [-0.1, -0.05) is 29.3 Å². The summed E-state index contributed by atoms with van der Waals surface area (Å²) in [7, 11) is 1.63. The number of aromatic nitrogens is 2. The number of anilines is 2. The Labute approximate surface area is 173 Å². The number of carbonyl (C=O) groups excluding carboxylic acids is 2. The molecule has 2 aromatic rings. The number of rotatable bonds is 6. The maximum Gasteiger partial charge on any atom is 0.271 e. The van der Waals surface area contributed by atoms with Gasteiger partial charge < -0.3 is 16.0 Å². The predicted molar refractivity (Wildman–Crippen MR) is 109 cm³/mol. The molecule has 0 bridgehead atoms. The number of piperidine rings is 1. The van der Waals surface area contributed by atoms with Gasteiger partial charge in [-0.3, -0.25) is 19.6 Å². The van der Waals surface area contributed by atoms with E-state index in [1.165, 1.54) is 6.20 Å². The van der Waals surface area contributed by atoms with Crippen LogP contribution >= 0.6 is 23.2 Å². The van der Waals surface area contributed by atoms with Crippen molar-refractivity contribution in [2.24, 2.45) is 0 Å². The monoisotopic (exact) mass is 424 g/mol. The number of nitrogens with one attached hydrogen (secondary N) is 4. The van der Waals surface area contributed by atoms with E-state index < -0.39 is 0 Å². The fraction of sp³-hybridized carbons (Fsp3) is 0.389. The molecule has 1 fully saturated rings. The van der Waals surface area contributed by atoms with Crippen LogP contribution in [0.3, 0.4) is 0 Å². The number of para-hydroxylation sites is 1. The number of likely N-dealkylation sites (N-methyl/N-ethyl adjacent to an activating group) is 1. The molecule has 8 nitrogen and oxygen atoms in total. The molecule has 1 aromatic heterocycles. The van der Waals surface area contributed by atoms with Crippen LogP contribution in [0.2, 0.25) is 10.0 Å². The van der Waals surface area contributed by atoms with Gasteiger partial charge in [-0.2, -0.15) is 5.10 Å². The Morgan fingerprint density at radius 2 is 1.93 bits per heavy atom. The van der Waals surface area contributed by atoms with Gasteiger partial charge in [-0.15, -0.1) is 0 Å². The lowest BCUT2D eigenvalue weighted by Crippen LogP contribution is -2.47. The van der Waals surface area contributed by atoms with Crippen molar-refractivity contribution < 1.29 is 9.59 Å². The molecule has 4 N–H and O–H groups in total. The standard InChI is InChI=1S/C18H22Cl2N6O2/c1-21-15(27)10-26-7-5-11(6-8-26)23-18(28)17-14(9-22-25-17)24-16-12(19)3-2-4-13(16)20/h2-4,9,11,24H,5-8,10H2,1H3,(H,21,27)(H,22,25)(H,23,28). The van der Waals surface area contributed by atoms with Crippen molar-refractivity contribution in [3.63, 3.8) is 0 Å². The summed E-state index contributed by atoms with van der Waals surface area (Å²) in [6.45, 7) is 1.88. The first-order valence-corrected chi connectivity index (χ1v) is 9.71. The van der Waals surface area contributed by atoms with Gasteiger partial charge in [0, 0.05) is 26.2 Å². The van der Waals surface area contributed by atoms with E-state index in [1.54, 1.807) is 25.2 Å². The normalized spacial score (nSPS) is 15.2. The largest absolute Gasteiger partial charge is 0.358 e. The number of hydrogen-bond donors (Lipinski definition) is 4. The zero-order chi connectivity index (χ0) is 20.1. The summed E-state index contributed by atoms with van der Waals surface area (Å²) in [5.41, 5.74) is 1.32. The molecule has 0 saturated carbocycles. The first-order chi connectivity index (χ1) is 13.5. The number of benzene rings is 1. The first-order valence-electron chi connectivity index (χ1n) is 8.96. The van der Waals surface area contributed by atoms with Gasteiger partial charge in [0.2, 0.25) is 5.91 Å². The van der Waals surface area contributed by atoms with Gasteiger partial charge in [0.25, 0.3) is 5.91 Å². The molecule has 1 saturated heterocycles. The van der Waals surface area contributed by atoms with Crippen molar-refractivity contribution in [3.8, 4) is 0 Å². The van der Waals surface area contributed by atoms with Crippen molar-refractivity contribution >= 4 is 46.4 Å². The molecule has 28 heavy (non-hydrogen) atoms. The quantitative estimate of drug-likeness (QED) is 0.570.